The predicted molar refractivity (Wildman–Crippen MR) is 180 cm³/mol. The van der Waals surface area contributed by atoms with Gasteiger partial charge in [0, 0.05) is 23.7 Å². The first kappa shape index (κ1) is 35.7. The molecule has 0 spiro atoms. The molecule has 1 aliphatic rings. The zero-order chi connectivity index (χ0) is 34.1. The Morgan fingerprint density at radius 3 is 2.21 bits per heavy atom. The summed E-state index contributed by atoms with van der Waals surface area (Å²) in [5, 5.41) is 3.33. The molecular formula is C34H42ClN3O8S. The van der Waals surface area contributed by atoms with Crippen molar-refractivity contribution in [2.24, 2.45) is 0 Å². The van der Waals surface area contributed by atoms with Crippen molar-refractivity contribution in [3.8, 4) is 23.0 Å². The number of hydrogen-bond donors (Lipinski definition) is 1. The zero-order valence-electron chi connectivity index (χ0n) is 27.3. The van der Waals surface area contributed by atoms with Crippen LogP contribution in [-0.2, 0) is 26.2 Å². The highest BCUT2D eigenvalue weighted by molar-refractivity contribution is 7.92. The summed E-state index contributed by atoms with van der Waals surface area (Å²) in [4.78, 5) is 29.2. The van der Waals surface area contributed by atoms with E-state index in [9.17, 15) is 18.0 Å². The first-order chi connectivity index (χ1) is 22.5. The number of anilines is 1. The van der Waals surface area contributed by atoms with Crippen LogP contribution in [0.15, 0.2) is 65.6 Å². The number of carbonyl (C=O) groups excluding carboxylic acids is 2. The summed E-state index contributed by atoms with van der Waals surface area (Å²) in [6, 6.07) is 14.9. The lowest BCUT2D eigenvalue weighted by Crippen LogP contribution is -2.53. The molecule has 3 aromatic carbocycles. The molecule has 13 heteroatoms. The molecule has 0 bridgehead atoms. The number of rotatable bonds is 14. The highest BCUT2D eigenvalue weighted by Gasteiger charge is 2.35. The standard InChI is InChI=1S/C34H42ClN3O8S/c1-23(34(40)36-26-11-7-6-8-12-26)37(21-24-10-9-13-27(18-24)43-2)33(39)22-38(29-19-25(35)14-16-30(29)44-3)47(41,42)28-15-17-31(45-4)32(20-28)46-5/h9-10,13-20,23,26H,6-8,11-12,21-22H2,1-5H3,(H,36,40)/t23-/m0/s1. The van der Waals surface area contributed by atoms with E-state index < -0.39 is 28.5 Å². The molecule has 254 valence electrons. The Hall–Kier alpha value is -4.16. The summed E-state index contributed by atoms with van der Waals surface area (Å²) in [5.41, 5.74) is 0.744. The number of ether oxygens (including phenoxy) is 4. The van der Waals surface area contributed by atoms with E-state index in [-0.39, 0.29) is 45.6 Å². The SMILES string of the molecule is COc1cccc(CN(C(=O)CN(c2cc(Cl)ccc2OC)S(=O)(=O)c2ccc(OC)c(OC)c2)[C@@H](C)C(=O)NC2CCCCC2)c1. The van der Waals surface area contributed by atoms with E-state index in [1.807, 2.05) is 6.07 Å². The Bertz CT molecular complexity index is 1660. The molecule has 1 aliphatic carbocycles. The fraction of sp³-hybridized carbons (Fsp3) is 0.412. The summed E-state index contributed by atoms with van der Waals surface area (Å²) in [7, 11) is 1.32. The summed E-state index contributed by atoms with van der Waals surface area (Å²) < 4.78 is 51.3. The lowest BCUT2D eigenvalue weighted by Gasteiger charge is -2.33. The molecule has 0 aliphatic heterocycles. The number of halogens is 1. The van der Waals surface area contributed by atoms with Crippen molar-refractivity contribution in [2.45, 2.75) is 62.6 Å². The highest BCUT2D eigenvalue weighted by Crippen LogP contribution is 2.37. The number of benzene rings is 3. The zero-order valence-corrected chi connectivity index (χ0v) is 28.9. The maximum Gasteiger partial charge on any atom is 0.265 e. The number of sulfonamides is 1. The molecule has 0 unspecified atom stereocenters. The largest absolute Gasteiger partial charge is 0.497 e. The number of hydrogen-bond acceptors (Lipinski definition) is 8. The fourth-order valence-corrected chi connectivity index (χ4v) is 7.19. The molecular weight excluding hydrogens is 646 g/mol. The van der Waals surface area contributed by atoms with Gasteiger partial charge in [-0.3, -0.25) is 13.9 Å². The average molecular weight is 688 g/mol. The van der Waals surface area contributed by atoms with Crippen LogP contribution in [0.2, 0.25) is 5.02 Å². The van der Waals surface area contributed by atoms with Gasteiger partial charge in [-0.15, -0.1) is 0 Å². The third-order valence-corrected chi connectivity index (χ3v) is 10.2. The van der Waals surface area contributed by atoms with E-state index in [4.69, 9.17) is 30.5 Å². The minimum absolute atomic E-state index is 0.0186. The molecule has 0 saturated heterocycles. The molecule has 1 atom stereocenters. The van der Waals surface area contributed by atoms with Crippen molar-refractivity contribution < 1.29 is 37.0 Å². The topological polar surface area (TPSA) is 124 Å². The van der Waals surface area contributed by atoms with Crippen LogP contribution in [0, 0.1) is 0 Å². The first-order valence-electron chi connectivity index (χ1n) is 15.3. The van der Waals surface area contributed by atoms with Crippen LogP contribution >= 0.6 is 11.6 Å². The minimum atomic E-state index is -4.45. The molecule has 3 aromatic rings. The maximum atomic E-state index is 14.4. The Morgan fingerprint density at radius 2 is 1.55 bits per heavy atom. The van der Waals surface area contributed by atoms with Crippen molar-refractivity contribution in [3.63, 3.8) is 0 Å². The summed E-state index contributed by atoms with van der Waals surface area (Å²) >= 11 is 6.35. The van der Waals surface area contributed by atoms with Gasteiger partial charge in [0.05, 0.1) is 39.0 Å². The van der Waals surface area contributed by atoms with Crippen LogP contribution < -0.4 is 28.6 Å². The van der Waals surface area contributed by atoms with E-state index in [0.717, 1.165) is 36.4 Å². The molecule has 1 saturated carbocycles. The summed E-state index contributed by atoms with van der Waals surface area (Å²) in [6.07, 6.45) is 4.91. The number of nitrogens with zero attached hydrogens (tertiary/aromatic N) is 2. The smallest absolute Gasteiger partial charge is 0.265 e. The Balaban J connectivity index is 1.77. The van der Waals surface area contributed by atoms with Gasteiger partial charge in [0.1, 0.15) is 24.1 Å². The van der Waals surface area contributed by atoms with Crippen molar-refractivity contribution in [1.82, 2.24) is 10.2 Å². The highest BCUT2D eigenvalue weighted by atomic mass is 35.5. The molecule has 0 aromatic heterocycles. The van der Waals surface area contributed by atoms with Gasteiger partial charge in [-0.05, 0) is 67.8 Å². The molecule has 1 N–H and O–H groups in total. The van der Waals surface area contributed by atoms with Gasteiger partial charge in [0.15, 0.2) is 11.5 Å². The normalized spacial score (nSPS) is 14.1. The Labute approximate surface area is 281 Å². The molecule has 0 heterocycles. The lowest BCUT2D eigenvalue weighted by atomic mass is 9.95. The van der Waals surface area contributed by atoms with Gasteiger partial charge in [-0.25, -0.2) is 8.42 Å². The van der Waals surface area contributed by atoms with Gasteiger partial charge in [0.2, 0.25) is 11.8 Å². The van der Waals surface area contributed by atoms with Crippen molar-refractivity contribution >= 4 is 39.1 Å². The second-order valence-electron chi connectivity index (χ2n) is 11.2. The Kier molecular flexibility index (Phi) is 12.2. The third-order valence-electron chi connectivity index (χ3n) is 8.24. The number of amides is 2. The monoisotopic (exact) mass is 687 g/mol. The number of methoxy groups -OCH3 is 4. The van der Waals surface area contributed by atoms with E-state index in [1.165, 1.54) is 63.7 Å². The molecule has 4 rings (SSSR count). The summed E-state index contributed by atoms with van der Waals surface area (Å²) in [6.45, 7) is 0.994. The second-order valence-corrected chi connectivity index (χ2v) is 13.5. The van der Waals surface area contributed by atoms with Gasteiger partial charge in [0.25, 0.3) is 10.0 Å². The quantitative estimate of drug-likeness (QED) is 0.238. The van der Waals surface area contributed by atoms with Crippen molar-refractivity contribution in [1.29, 1.82) is 0 Å². The van der Waals surface area contributed by atoms with E-state index in [0.29, 0.717) is 17.1 Å². The van der Waals surface area contributed by atoms with Crippen LogP contribution in [0.5, 0.6) is 23.0 Å². The van der Waals surface area contributed by atoms with Crippen LogP contribution in [0.3, 0.4) is 0 Å². The van der Waals surface area contributed by atoms with Crippen LogP contribution in [-0.4, -0.2) is 72.2 Å². The minimum Gasteiger partial charge on any atom is -0.497 e. The molecule has 47 heavy (non-hydrogen) atoms. The third kappa shape index (κ3) is 8.61. The molecule has 2 amide bonds. The van der Waals surface area contributed by atoms with Crippen molar-refractivity contribution in [2.75, 3.05) is 39.3 Å². The second kappa shape index (κ2) is 16.1. The van der Waals surface area contributed by atoms with Gasteiger partial charge >= 0.3 is 0 Å². The van der Waals surface area contributed by atoms with E-state index in [1.54, 1.807) is 31.2 Å². The van der Waals surface area contributed by atoms with E-state index >= 15 is 0 Å². The fourth-order valence-electron chi connectivity index (χ4n) is 5.59. The van der Waals surface area contributed by atoms with Crippen LogP contribution in [0.1, 0.15) is 44.6 Å². The Morgan fingerprint density at radius 1 is 0.872 bits per heavy atom. The lowest BCUT2D eigenvalue weighted by molar-refractivity contribution is -0.139. The average Bonchev–Trinajstić information content (AvgIpc) is 3.09. The number of carbonyl (C=O) groups is 2. The predicted octanol–water partition coefficient (Wildman–Crippen LogP) is 5.44. The van der Waals surface area contributed by atoms with E-state index in [2.05, 4.69) is 5.32 Å². The molecule has 1 fully saturated rings. The summed E-state index contributed by atoms with van der Waals surface area (Å²) in [5.74, 6) is 0.333. The van der Waals surface area contributed by atoms with Gasteiger partial charge < -0.3 is 29.2 Å². The van der Waals surface area contributed by atoms with Gasteiger partial charge in [-0.2, -0.15) is 0 Å². The van der Waals surface area contributed by atoms with Crippen LogP contribution in [0.4, 0.5) is 5.69 Å². The molecule has 11 nitrogen and oxygen atoms in total. The van der Waals surface area contributed by atoms with Gasteiger partial charge in [-0.1, -0.05) is 43.0 Å². The first-order valence-corrected chi connectivity index (χ1v) is 17.1. The number of nitrogens with one attached hydrogen (secondary N) is 1. The molecule has 0 radical (unpaired) electrons. The van der Waals surface area contributed by atoms with Crippen molar-refractivity contribution in [3.05, 3.63) is 71.2 Å². The van der Waals surface area contributed by atoms with Crippen LogP contribution in [0.25, 0.3) is 0 Å². The maximum absolute atomic E-state index is 14.4.